The number of pyridine rings is 1. The number of hydrogen-bond acceptors (Lipinski definition) is 5. The molecule has 2 aromatic heterocycles. The highest BCUT2D eigenvalue weighted by Crippen LogP contribution is 2.25. The molecule has 6 nitrogen and oxygen atoms in total. The van der Waals surface area contributed by atoms with Gasteiger partial charge in [-0.05, 0) is 42.5 Å². The van der Waals surface area contributed by atoms with Crippen LogP contribution in [0.4, 0.5) is 11.5 Å². The molecule has 0 aliphatic rings. The van der Waals surface area contributed by atoms with Gasteiger partial charge in [0.2, 0.25) is 0 Å². The van der Waals surface area contributed by atoms with Gasteiger partial charge in [0.05, 0.1) is 5.52 Å². The summed E-state index contributed by atoms with van der Waals surface area (Å²) in [5, 5.41) is 3.58. The second-order valence-electron chi connectivity index (χ2n) is 5.35. The van der Waals surface area contributed by atoms with Crippen LogP contribution in [0.2, 0.25) is 0 Å². The van der Waals surface area contributed by atoms with Crippen LogP contribution >= 0.6 is 0 Å². The second-order valence-corrected chi connectivity index (χ2v) is 5.35. The number of nitrogens with zero attached hydrogens (tertiary/aromatic N) is 2. The van der Waals surface area contributed by atoms with Crippen LogP contribution in [0.5, 0.6) is 11.5 Å². The molecular formula is C19H14N4O2. The van der Waals surface area contributed by atoms with Gasteiger partial charge in [0.25, 0.3) is 5.56 Å². The first-order valence-corrected chi connectivity index (χ1v) is 7.72. The van der Waals surface area contributed by atoms with Gasteiger partial charge in [0.1, 0.15) is 29.0 Å². The summed E-state index contributed by atoms with van der Waals surface area (Å²) < 4.78 is 5.76. The van der Waals surface area contributed by atoms with E-state index < -0.39 is 0 Å². The standard InChI is InChI=1S/C19H14N4O2/c24-19-17-16(10-11-20-19)21-12-22-18(17)23-13-6-8-15(9-7-13)25-14-4-2-1-3-5-14/h1-12H,(H,20,24)(H,21,22,23). The van der Waals surface area contributed by atoms with Crippen molar-refractivity contribution in [1.82, 2.24) is 15.0 Å². The van der Waals surface area contributed by atoms with E-state index in [4.69, 9.17) is 4.74 Å². The van der Waals surface area contributed by atoms with Crippen molar-refractivity contribution in [2.75, 3.05) is 5.32 Å². The number of fused-ring (bicyclic) bond motifs is 1. The van der Waals surface area contributed by atoms with Crippen LogP contribution in [0, 0.1) is 0 Å². The molecule has 0 aliphatic carbocycles. The summed E-state index contributed by atoms with van der Waals surface area (Å²) in [5.74, 6) is 1.96. The zero-order valence-electron chi connectivity index (χ0n) is 13.1. The van der Waals surface area contributed by atoms with E-state index in [0.717, 1.165) is 17.2 Å². The maximum Gasteiger partial charge on any atom is 0.261 e. The minimum atomic E-state index is -0.232. The van der Waals surface area contributed by atoms with Crippen LogP contribution in [0.15, 0.2) is 78.0 Å². The number of anilines is 2. The molecule has 0 radical (unpaired) electrons. The fraction of sp³-hybridized carbons (Fsp3) is 0. The van der Waals surface area contributed by atoms with Gasteiger partial charge in [-0.1, -0.05) is 18.2 Å². The summed E-state index contributed by atoms with van der Waals surface area (Å²) in [7, 11) is 0. The summed E-state index contributed by atoms with van der Waals surface area (Å²) in [6.45, 7) is 0. The minimum Gasteiger partial charge on any atom is -0.457 e. The molecular weight excluding hydrogens is 316 g/mol. The summed E-state index contributed by atoms with van der Waals surface area (Å²) >= 11 is 0. The van der Waals surface area contributed by atoms with Crippen LogP contribution in [-0.4, -0.2) is 15.0 Å². The van der Waals surface area contributed by atoms with Crippen LogP contribution in [0.1, 0.15) is 0 Å². The zero-order valence-corrected chi connectivity index (χ0v) is 13.1. The number of rotatable bonds is 4. The third-order valence-corrected chi connectivity index (χ3v) is 3.66. The molecule has 2 aromatic carbocycles. The predicted molar refractivity (Wildman–Crippen MR) is 96.4 cm³/mol. The fourth-order valence-electron chi connectivity index (χ4n) is 2.48. The molecule has 2 N–H and O–H groups in total. The van der Waals surface area contributed by atoms with Crippen molar-refractivity contribution in [3.8, 4) is 11.5 Å². The molecule has 4 aromatic rings. The van der Waals surface area contributed by atoms with E-state index in [1.807, 2.05) is 54.6 Å². The first kappa shape index (κ1) is 14.9. The van der Waals surface area contributed by atoms with Crippen molar-refractivity contribution < 1.29 is 4.74 Å². The Kier molecular flexibility index (Phi) is 3.84. The Bertz CT molecular complexity index is 1050. The highest BCUT2D eigenvalue weighted by atomic mass is 16.5. The van der Waals surface area contributed by atoms with E-state index in [9.17, 15) is 4.79 Å². The molecule has 0 amide bonds. The van der Waals surface area contributed by atoms with Gasteiger partial charge in [0, 0.05) is 11.9 Å². The maximum absolute atomic E-state index is 12.1. The molecule has 0 aliphatic heterocycles. The van der Waals surface area contributed by atoms with E-state index >= 15 is 0 Å². The topological polar surface area (TPSA) is 79.9 Å². The Morgan fingerprint density at radius 3 is 2.44 bits per heavy atom. The predicted octanol–water partition coefficient (Wildman–Crippen LogP) is 3.85. The first-order chi connectivity index (χ1) is 12.3. The molecule has 4 rings (SSSR count). The van der Waals surface area contributed by atoms with Gasteiger partial charge >= 0.3 is 0 Å². The molecule has 0 spiro atoms. The van der Waals surface area contributed by atoms with E-state index in [1.54, 1.807) is 12.3 Å². The summed E-state index contributed by atoms with van der Waals surface area (Å²) in [6.07, 6.45) is 2.99. The molecule has 25 heavy (non-hydrogen) atoms. The lowest BCUT2D eigenvalue weighted by Gasteiger charge is -2.09. The van der Waals surface area contributed by atoms with Gasteiger partial charge in [-0.15, -0.1) is 0 Å². The SMILES string of the molecule is O=c1[nH]ccc2ncnc(Nc3ccc(Oc4ccccc4)cc3)c12. The Balaban J connectivity index is 1.59. The molecule has 6 heteroatoms. The average Bonchev–Trinajstić information content (AvgIpc) is 2.65. The van der Waals surface area contributed by atoms with Crippen molar-refractivity contribution in [3.05, 3.63) is 83.5 Å². The van der Waals surface area contributed by atoms with Crippen LogP contribution in [0.3, 0.4) is 0 Å². The number of para-hydroxylation sites is 1. The van der Waals surface area contributed by atoms with Gasteiger partial charge in [-0.3, -0.25) is 4.79 Å². The Hall–Kier alpha value is -3.67. The van der Waals surface area contributed by atoms with Crippen molar-refractivity contribution in [2.24, 2.45) is 0 Å². The molecule has 0 saturated carbocycles. The van der Waals surface area contributed by atoms with E-state index in [0.29, 0.717) is 16.7 Å². The van der Waals surface area contributed by atoms with E-state index in [1.165, 1.54) is 6.33 Å². The highest BCUT2D eigenvalue weighted by Gasteiger charge is 2.08. The van der Waals surface area contributed by atoms with Crippen molar-refractivity contribution in [1.29, 1.82) is 0 Å². The number of nitrogens with one attached hydrogen (secondary N) is 2. The maximum atomic E-state index is 12.1. The number of aromatic nitrogens is 3. The molecule has 0 unspecified atom stereocenters. The smallest absolute Gasteiger partial charge is 0.261 e. The van der Waals surface area contributed by atoms with Crippen LogP contribution < -0.4 is 15.6 Å². The van der Waals surface area contributed by atoms with Gasteiger partial charge < -0.3 is 15.0 Å². The Morgan fingerprint density at radius 1 is 0.880 bits per heavy atom. The van der Waals surface area contributed by atoms with Crippen LogP contribution in [-0.2, 0) is 0 Å². The normalized spacial score (nSPS) is 10.6. The third kappa shape index (κ3) is 3.18. The highest BCUT2D eigenvalue weighted by molar-refractivity contribution is 5.89. The van der Waals surface area contributed by atoms with Gasteiger partial charge in [-0.25, -0.2) is 9.97 Å². The molecule has 0 saturated heterocycles. The second kappa shape index (κ2) is 6.45. The van der Waals surface area contributed by atoms with E-state index in [-0.39, 0.29) is 5.56 Å². The minimum absolute atomic E-state index is 0.232. The number of benzene rings is 2. The number of ether oxygens (including phenoxy) is 1. The van der Waals surface area contributed by atoms with Crippen molar-refractivity contribution >= 4 is 22.4 Å². The average molecular weight is 330 g/mol. The van der Waals surface area contributed by atoms with Crippen molar-refractivity contribution in [3.63, 3.8) is 0 Å². The van der Waals surface area contributed by atoms with E-state index in [2.05, 4.69) is 20.3 Å². The Morgan fingerprint density at radius 2 is 1.64 bits per heavy atom. The molecule has 2 heterocycles. The molecule has 0 bridgehead atoms. The van der Waals surface area contributed by atoms with Crippen molar-refractivity contribution in [2.45, 2.75) is 0 Å². The lowest BCUT2D eigenvalue weighted by molar-refractivity contribution is 0.483. The molecule has 0 fully saturated rings. The summed E-state index contributed by atoms with van der Waals surface area (Å²) in [6, 6.07) is 18.7. The monoisotopic (exact) mass is 330 g/mol. The number of H-pyrrole nitrogens is 1. The van der Waals surface area contributed by atoms with Gasteiger partial charge in [-0.2, -0.15) is 0 Å². The molecule has 0 atom stereocenters. The fourth-order valence-corrected chi connectivity index (χ4v) is 2.48. The third-order valence-electron chi connectivity index (χ3n) is 3.66. The lowest BCUT2D eigenvalue weighted by Crippen LogP contribution is -2.09. The summed E-state index contributed by atoms with van der Waals surface area (Å²) in [5.41, 5.74) is 1.15. The quantitative estimate of drug-likeness (QED) is 0.594. The molecule has 122 valence electrons. The number of hydrogen-bond donors (Lipinski definition) is 2. The first-order valence-electron chi connectivity index (χ1n) is 7.72. The number of aromatic amines is 1. The van der Waals surface area contributed by atoms with Gasteiger partial charge in [0.15, 0.2) is 0 Å². The Labute approximate surface area is 143 Å². The largest absolute Gasteiger partial charge is 0.457 e. The summed E-state index contributed by atoms with van der Waals surface area (Å²) in [4.78, 5) is 23.0. The van der Waals surface area contributed by atoms with Crippen LogP contribution in [0.25, 0.3) is 10.9 Å². The zero-order chi connectivity index (χ0) is 17.1. The lowest BCUT2D eigenvalue weighted by atomic mass is 10.2.